The first kappa shape index (κ1) is 15.7. The first-order valence-corrected chi connectivity index (χ1v) is 8.90. The Morgan fingerprint density at radius 2 is 2.00 bits per heavy atom. The van der Waals surface area contributed by atoms with E-state index in [1.54, 1.807) is 0 Å². The molecular weight excluding hydrogens is 266 g/mol. The summed E-state index contributed by atoms with van der Waals surface area (Å²) in [5.41, 5.74) is 0.0892. The van der Waals surface area contributed by atoms with Crippen LogP contribution in [0, 0.1) is 5.92 Å². The minimum absolute atomic E-state index is 0.0892. The Balaban J connectivity index is 1.65. The van der Waals surface area contributed by atoms with Crippen LogP contribution in [0.2, 0.25) is 0 Å². The van der Waals surface area contributed by atoms with Crippen LogP contribution < -0.4 is 5.32 Å². The molecular formula is C17H31NO3. The molecule has 1 spiro atoms. The minimum Gasteiger partial charge on any atom is -0.381 e. The van der Waals surface area contributed by atoms with E-state index in [-0.39, 0.29) is 5.60 Å². The van der Waals surface area contributed by atoms with Crippen LogP contribution in [0.5, 0.6) is 0 Å². The molecule has 3 fully saturated rings. The van der Waals surface area contributed by atoms with Crippen molar-refractivity contribution in [3.05, 3.63) is 0 Å². The van der Waals surface area contributed by atoms with Gasteiger partial charge in [-0.2, -0.15) is 0 Å². The standard InChI is InChI=1S/C17H31NO3/c1-2-8-18-16(15-4-3-9-20-15)14-5-10-21-17(13-14)6-11-19-12-7-17/h14-16,18H,2-13H2,1H3. The van der Waals surface area contributed by atoms with Gasteiger partial charge in [0.1, 0.15) is 0 Å². The Morgan fingerprint density at radius 3 is 2.71 bits per heavy atom. The zero-order valence-electron chi connectivity index (χ0n) is 13.4. The van der Waals surface area contributed by atoms with Gasteiger partial charge in [-0.05, 0) is 57.4 Å². The van der Waals surface area contributed by atoms with Crippen molar-refractivity contribution in [2.75, 3.05) is 33.0 Å². The summed E-state index contributed by atoms with van der Waals surface area (Å²) >= 11 is 0. The van der Waals surface area contributed by atoms with Crippen LogP contribution in [0.25, 0.3) is 0 Å². The lowest BCUT2D eigenvalue weighted by molar-refractivity contribution is -0.154. The van der Waals surface area contributed by atoms with Crippen molar-refractivity contribution in [2.24, 2.45) is 5.92 Å². The maximum Gasteiger partial charge on any atom is 0.0731 e. The molecule has 3 saturated heterocycles. The quantitative estimate of drug-likeness (QED) is 0.846. The van der Waals surface area contributed by atoms with Gasteiger partial charge in [-0.1, -0.05) is 6.92 Å². The van der Waals surface area contributed by atoms with Crippen LogP contribution in [-0.2, 0) is 14.2 Å². The highest BCUT2D eigenvalue weighted by Crippen LogP contribution is 2.39. The molecule has 0 aliphatic carbocycles. The van der Waals surface area contributed by atoms with Crippen LogP contribution >= 0.6 is 0 Å². The molecule has 0 aromatic heterocycles. The SMILES string of the molecule is CCCNC(C1CCOC2(CCOCC2)C1)C1CCCO1. The predicted octanol–water partition coefficient (Wildman–Crippen LogP) is 2.51. The van der Waals surface area contributed by atoms with E-state index in [0.29, 0.717) is 18.1 Å². The molecule has 0 saturated carbocycles. The molecule has 1 N–H and O–H groups in total. The third-order valence-electron chi connectivity index (χ3n) is 5.44. The Hall–Kier alpha value is -0.160. The van der Waals surface area contributed by atoms with E-state index in [1.807, 2.05) is 0 Å². The summed E-state index contributed by atoms with van der Waals surface area (Å²) in [6, 6.07) is 0.510. The molecule has 4 nitrogen and oxygen atoms in total. The molecule has 3 aliphatic rings. The fraction of sp³-hybridized carbons (Fsp3) is 1.00. The molecule has 3 heterocycles. The van der Waals surface area contributed by atoms with Gasteiger partial charge in [-0.25, -0.2) is 0 Å². The third kappa shape index (κ3) is 3.79. The van der Waals surface area contributed by atoms with Gasteiger partial charge in [0, 0.05) is 32.5 Å². The molecule has 4 heteroatoms. The number of hydrogen-bond donors (Lipinski definition) is 1. The van der Waals surface area contributed by atoms with Crippen LogP contribution in [0.15, 0.2) is 0 Å². The van der Waals surface area contributed by atoms with Crippen LogP contribution in [0.1, 0.15) is 51.9 Å². The molecule has 122 valence electrons. The highest BCUT2D eigenvalue weighted by molar-refractivity contribution is 4.95. The van der Waals surface area contributed by atoms with Crippen molar-refractivity contribution in [1.82, 2.24) is 5.32 Å². The van der Waals surface area contributed by atoms with Crippen molar-refractivity contribution in [3.63, 3.8) is 0 Å². The second-order valence-corrected chi connectivity index (χ2v) is 6.93. The smallest absolute Gasteiger partial charge is 0.0731 e. The van der Waals surface area contributed by atoms with E-state index in [9.17, 15) is 0 Å². The van der Waals surface area contributed by atoms with Gasteiger partial charge in [0.2, 0.25) is 0 Å². The number of nitrogens with one attached hydrogen (secondary N) is 1. The zero-order valence-corrected chi connectivity index (χ0v) is 13.4. The van der Waals surface area contributed by atoms with E-state index in [0.717, 1.165) is 45.8 Å². The first-order valence-electron chi connectivity index (χ1n) is 8.90. The lowest BCUT2D eigenvalue weighted by Crippen LogP contribution is -2.53. The summed E-state index contributed by atoms with van der Waals surface area (Å²) in [7, 11) is 0. The van der Waals surface area contributed by atoms with E-state index < -0.39 is 0 Å². The average Bonchev–Trinajstić information content (AvgIpc) is 3.03. The van der Waals surface area contributed by atoms with Gasteiger partial charge in [-0.15, -0.1) is 0 Å². The fourth-order valence-electron chi connectivity index (χ4n) is 4.26. The number of ether oxygens (including phenoxy) is 3. The van der Waals surface area contributed by atoms with Crippen LogP contribution in [-0.4, -0.2) is 50.7 Å². The van der Waals surface area contributed by atoms with Crippen LogP contribution in [0.3, 0.4) is 0 Å². The molecule has 0 amide bonds. The average molecular weight is 297 g/mol. The second kappa shape index (κ2) is 7.40. The summed E-state index contributed by atoms with van der Waals surface area (Å²) < 4.78 is 17.8. The molecule has 3 aliphatic heterocycles. The lowest BCUT2D eigenvalue weighted by Gasteiger charge is -2.46. The molecule has 0 radical (unpaired) electrons. The molecule has 0 aromatic carbocycles. The van der Waals surface area contributed by atoms with E-state index in [1.165, 1.54) is 32.1 Å². The van der Waals surface area contributed by atoms with Crippen molar-refractivity contribution in [3.8, 4) is 0 Å². The van der Waals surface area contributed by atoms with E-state index in [4.69, 9.17) is 14.2 Å². The van der Waals surface area contributed by atoms with Crippen molar-refractivity contribution < 1.29 is 14.2 Å². The number of hydrogen-bond acceptors (Lipinski definition) is 4. The normalized spacial score (nSPS) is 34.1. The van der Waals surface area contributed by atoms with Gasteiger partial charge >= 0.3 is 0 Å². The first-order chi connectivity index (χ1) is 10.3. The molecule has 3 unspecified atom stereocenters. The van der Waals surface area contributed by atoms with Gasteiger partial charge in [-0.3, -0.25) is 0 Å². The maximum absolute atomic E-state index is 6.21. The zero-order chi connectivity index (χ0) is 14.5. The maximum atomic E-state index is 6.21. The van der Waals surface area contributed by atoms with Gasteiger partial charge in [0.25, 0.3) is 0 Å². The highest BCUT2D eigenvalue weighted by Gasteiger charge is 2.43. The summed E-state index contributed by atoms with van der Waals surface area (Å²) in [4.78, 5) is 0. The Morgan fingerprint density at radius 1 is 1.14 bits per heavy atom. The summed E-state index contributed by atoms with van der Waals surface area (Å²) in [5.74, 6) is 0.687. The summed E-state index contributed by atoms with van der Waals surface area (Å²) in [6.07, 6.45) is 8.51. The topological polar surface area (TPSA) is 39.7 Å². The number of rotatable bonds is 5. The largest absolute Gasteiger partial charge is 0.381 e. The second-order valence-electron chi connectivity index (χ2n) is 6.93. The Labute approximate surface area is 128 Å². The van der Waals surface area contributed by atoms with Gasteiger partial charge in [0.15, 0.2) is 0 Å². The minimum atomic E-state index is 0.0892. The van der Waals surface area contributed by atoms with E-state index >= 15 is 0 Å². The predicted molar refractivity (Wildman–Crippen MR) is 82.5 cm³/mol. The van der Waals surface area contributed by atoms with Crippen LogP contribution in [0.4, 0.5) is 0 Å². The lowest BCUT2D eigenvalue weighted by atomic mass is 9.76. The highest BCUT2D eigenvalue weighted by atomic mass is 16.5. The monoisotopic (exact) mass is 297 g/mol. The van der Waals surface area contributed by atoms with Gasteiger partial charge in [0.05, 0.1) is 11.7 Å². The molecule has 3 atom stereocenters. The fourth-order valence-corrected chi connectivity index (χ4v) is 4.26. The molecule has 3 rings (SSSR count). The van der Waals surface area contributed by atoms with Gasteiger partial charge < -0.3 is 19.5 Å². The Kier molecular flexibility index (Phi) is 5.54. The van der Waals surface area contributed by atoms with Crippen molar-refractivity contribution in [1.29, 1.82) is 0 Å². The summed E-state index contributed by atoms with van der Waals surface area (Å²) in [5, 5.41) is 3.79. The van der Waals surface area contributed by atoms with Crippen molar-refractivity contribution in [2.45, 2.75) is 69.6 Å². The third-order valence-corrected chi connectivity index (χ3v) is 5.44. The van der Waals surface area contributed by atoms with E-state index in [2.05, 4.69) is 12.2 Å². The molecule has 0 aromatic rings. The van der Waals surface area contributed by atoms with Crippen molar-refractivity contribution >= 4 is 0 Å². The summed E-state index contributed by atoms with van der Waals surface area (Å²) in [6.45, 7) is 6.90. The Bertz CT molecular complexity index is 306. The molecule has 0 bridgehead atoms. The molecule has 21 heavy (non-hydrogen) atoms.